The highest BCUT2D eigenvalue weighted by atomic mass is 16.5. The van der Waals surface area contributed by atoms with Gasteiger partial charge in [0.1, 0.15) is 5.54 Å². The third kappa shape index (κ3) is 3.43. The number of carboxylic acids is 1. The zero-order valence-corrected chi connectivity index (χ0v) is 10.3. The minimum Gasteiger partial charge on any atom is -0.480 e. The van der Waals surface area contributed by atoms with E-state index in [4.69, 9.17) is 4.74 Å². The molecule has 1 fully saturated rings. The zero-order chi connectivity index (χ0) is 12.2. The van der Waals surface area contributed by atoms with Gasteiger partial charge in [0.25, 0.3) is 0 Å². The molecule has 16 heavy (non-hydrogen) atoms. The summed E-state index contributed by atoms with van der Waals surface area (Å²) in [5, 5.41) is 12.5. The third-order valence-corrected chi connectivity index (χ3v) is 3.00. The fraction of sp³-hybridized carbons (Fsp3) is 0.909. The van der Waals surface area contributed by atoms with Crippen LogP contribution < -0.4 is 5.32 Å². The lowest BCUT2D eigenvalue weighted by Gasteiger charge is -2.37. The predicted molar refractivity (Wildman–Crippen MR) is 61.6 cm³/mol. The van der Waals surface area contributed by atoms with E-state index in [1.165, 1.54) is 0 Å². The highest BCUT2D eigenvalue weighted by Crippen LogP contribution is 2.25. The molecule has 1 saturated heterocycles. The van der Waals surface area contributed by atoms with E-state index in [0.717, 1.165) is 6.54 Å². The first-order chi connectivity index (χ1) is 7.46. The van der Waals surface area contributed by atoms with Crippen LogP contribution in [-0.4, -0.2) is 61.4 Å². The maximum Gasteiger partial charge on any atom is 0.324 e. The van der Waals surface area contributed by atoms with E-state index in [2.05, 4.69) is 5.32 Å². The molecule has 5 nitrogen and oxygen atoms in total. The van der Waals surface area contributed by atoms with Gasteiger partial charge < -0.3 is 20.1 Å². The summed E-state index contributed by atoms with van der Waals surface area (Å²) in [6.07, 6.45) is 1.09. The van der Waals surface area contributed by atoms with Crippen molar-refractivity contribution >= 4 is 5.97 Å². The number of ether oxygens (including phenoxy) is 1. The molecule has 0 aliphatic carbocycles. The number of carbonyl (C=O) groups is 1. The summed E-state index contributed by atoms with van der Waals surface area (Å²) in [6, 6.07) is 0. The van der Waals surface area contributed by atoms with Gasteiger partial charge in [-0.3, -0.25) is 4.79 Å². The van der Waals surface area contributed by atoms with Gasteiger partial charge in [-0.15, -0.1) is 0 Å². The van der Waals surface area contributed by atoms with E-state index in [1.54, 1.807) is 0 Å². The Morgan fingerprint density at radius 3 is 2.81 bits per heavy atom. The summed E-state index contributed by atoms with van der Waals surface area (Å²) < 4.78 is 5.40. The molecule has 1 aliphatic rings. The molecule has 0 bridgehead atoms. The number of hydrogen-bond donors (Lipinski definition) is 2. The monoisotopic (exact) mass is 230 g/mol. The maximum absolute atomic E-state index is 11.4. The molecule has 2 unspecified atom stereocenters. The van der Waals surface area contributed by atoms with Crippen molar-refractivity contribution in [2.75, 3.05) is 33.8 Å². The summed E-state index contributed by atoms with van der Waals surface area (Å²) in [4.78, 5) is 13.4. The maximum atomic E-state index is 11.4. The highest BCUT2D eigenvalue weighted by molar-refractivity contribution is 5.79. The number of likely N-dealkylation sites (N-methyl/N-ethyl adjacent to an activating group) is 1. The number of carboxylic acid groups (broad SMARTS) is 1. The molecule has 94 valence electrons. The molecule has 1 heterocycles. The minimum absolute atomic E-state index is 0.0108. The van der Waals surface area contributed by atoms with E-state index < -0.39 is 11.5 Å². The van der Waals surface area contributed by atoms with Crippen LogP contribution in [0.5, 0.6) is 0 Å². The van der Waals surface area contributed by atoms with Crippen molar-refractivity contribution in [1.29, 1.82) is 0 Å². The predicted octanol–water partition coefficient (Wildman–Crippen LogP) is 0.160. The first-order valence-corrected chi connectivity index (χ1v) is 5.71. The van der Waals surface area contributed by atoms with E-state index in [9.17, 15) is 9.90 Å². The Hall–Kier alpha value is -0.650. The van der Waals surface area contributed by atoms with E-state index in [0.29, 0.717) is 26.0 Å². The average molecular weight is 230 g/mol. The Kier molecular flexibility index (Phi) is 4.70. The second kappa shape index (κ2) is 5.61. The van der Waals surface area contributed by atoms with E-state index >= 15 is 0 Å². The third-order valence-electron chi connectivity index (χ3n) is 3.00. The first kappa shape index (κ1) is 13.4. The van der Waals surface area contributed by atoms with Gasteiger partial charge in [-0.1, -0.05) is 0 Å². The number of nitrogens with one attached hydrogen (secondary N) is 1. The van der Waals surface area contributed by atoms with E-state index in [1.807, 2.05) is 25.9 Å². The molecular formula is C11H22N2O3. The van der Waals surface area contributed by atoms with Crippen molar-refractivity contribution in [3.63, 3.8) is 0 Å². The van der Waals surface area contributed by atoms with Gasteiger partial charge in [0.05, 0.1) is 6.10 Å². The lowest BCUT2D eigenvalue weighted by atomic mass is 9.87. The topological polar surface area (TPSA) is 61.8 Å². The van der Waals surface area contributed by atoms with Gasteiger partial charge in [0.2, 0.25) is 0 Å². The Morgan fingerprint density at radius 1 is 1.62 bits per heavy atom. The summed E-state index contributed by atoms with van der Waals surface area (Å²) in [6.45, 7) is 3.96. The van der Waals surface area contributed by atoms with Crippen LogP contribution in [0.2, 0.25) is 0 Å². The standard InChI is InChI=1S/C11H22N2O3/c1-9-8-11(10(14)15,4-7-16-9)12-5-6-13(2)3/h9,12H,4-8H2,1-3H3,(H,14,15). The second-order valence-electron chi connectivity index (χ2n) is 4.75. The quantitative estimate of drug-likeness (QED) is 0.704. The molecule has 0 aromatic carbocycles. The lowest BCUT2D eigenvalue weighted by molar-refractivity contribution is -0.151. The van der Waals surface area contributed by atoms with Crippen LogP contribution >= 0.6 is 0 Å². The summed E-state index contributed by atoms with van der Waals surface area (Å²) >= 11 is 0. The Morgan fingerprint density at radius 2 is 2.31 bits per heavy atom. The van der Waals surface area contributed by atoms with Crippen molar-refractivity contribution in [3.8, 4) is 0 Å². The zero-order valence-electron chi connectivity index (χ0n) is 10.3. The van der Waals surface area contributed by atoms with Crippen LogP contribution in [0, 0.1) is 0 Å². The van der Waals surface area contributed by atoms with Gasteiger partial charge in [0.15, 0.2) is 0 Å². The minimum atomic E-state index is -0.798. The van der Waals surface area contributed by atoms with Crippen LogP contribution in [0.4, 0.5) is 0 Å². The summed E-state index contributed by atoms with van der Waals surface area (Å²) in [5.74, 6) is -0.763. The van der Waals surface area contributed by atoms with Crippen LogP contribution in [0.1, 0.15) is 19.8 Å². The van der Waals surface area contributed by atoms with Crippen molar-refractivity contribution in [3.05, 3.63) is 0 Å². The molecule has 2 atom stereocenters. The van der Waals surface area contributed by atoms with Crippen LogP contribution in [0.15, 0.2) is 0 Å². The highest BCUT2D eigenvalue weighted by Gasteiger charge is 2.41. The van der Waals surface area contributed by atoms with Gasteiger partial charge in [-0.05, 0) is 27.4 Å². The SMILES string of the molecule is CC1CC(NCCN(C)C)(C(=O)O)CCO1. The molecule has 0 aromatic heterocycles. The Labute approximate surface area is 96.8 Å². The van der Waals surface area contributed by atoms with Gasteiger partial charge >= 0.3 is 5.97 Å². The molecular weight excluding hydrogens is 208 g/mol. The molecule has 5 heteroatoms. The van der Waals surface area contributed by atoms with E-state index in [-0.39, 0.29) is 6.10 Å². The summed E-state index contributed by atoms with van der Waals surface area (Å²) in [5.41, 5.74) is -0.798. The molecule has 2 N–H and O–H groups in total. The number of rotatable bonds is 5. The fourth-order valence-electron chi connectivity index (χ4n) is 2.04. The van der Waals surface area contributed by atoms with Gasteiger partial charge in [-0.2, -0.15) is 0 Å². The number of aliphatic carboxylic acids is 1. The number of hydrogen-bond acceptors (Lipinski definition) is 4. The first-order valence-electron chi connectivity index (χ1n) is 5.71. The fourth-order valence-corrected chi connectivity index (χ4v) is 2.04. The van der Waals surface area contributed by atoms with Crippen LogP contribution in [0.3, 0.4) is 0 Å². The van der Waals surface area contributed by atoms with Gasteiger partial charge in [0, 0.05) is 26.1 Å². The molecule has 1 rings (SSSR count). The molecule has 0 spiro atoms. The average Bonchev–Trinajstić information content (AvgIpc) is 2.16. The van der Waals surface area contributed by atoms with Crippen molar-refractivity contribution < 1.29 is 14.6 Å². The molecule has 0 aromatic rings. The smallest absolute Gasteiger partial charge is 0.324 e. The summed E-state index contributed by atoms with van der Waals surface area (Å²) in [7, 11) is 3.95. The largest absolute Gasteiger partial charge is 0.480 e. The second-order valence-corrected chi connectivity index (χ2v) is 4.75. The van der Waals surface area contributed by atoms with Crippen molar-refractivity contribution in [1.82, 2.24) is 10.2 Å². The molecule has 0 radical (unpaired) electrons. The normalized spacial score (nSPS) is 30.6. The lowest BCUT2D eigenvalue weighted by Crippen LogP contribution is -2.58. The van der Waals surface area contributed by atoms with Crippen LogP contribution in [-0.2, 0) is 9.53 Å². The molecule has 0 saturated carbocycles. The Balaban J connectivity index is 2.55. The van der Waals surface area contributed by atoms with Gasteiger partial charge in [-0.25, -0.2) is 0 Å². The molecule has 1 aliphatic heterocycles. The van der Waals surface area contributed by atoms with Crippen molar-refractivity contribution in [2.24, 2.45) is 0 Å². The number of nitrogens with zero attached hydrogens (tertiary/aromatic N) is 1. The molecule has 0 amide bonds. The van der Waals surface area contributed by atoms with Crippen molar-refractivity contribution in [2.45, 2.75) is 31.4 Å². The Bertz CT molecular complexity index is 245. The van der Waals surface area contributed by atoms with Crippen LogP contribution in [0.25, 0.3) is 0 Å².